The predicted octanol–water partition coefficient (Wildman–Crippen LogP) is 13.7. The van der Waals surface area contributed by atoms with Crippen molar-refractivity contribution in [2.24, 2.45) is 0 Å². The molecule has 2 unspecified atom stereocenters. The highest BCUT2D eigenvalue weighted by Gasteiger charge is 2.25. The Balaban J connectivity index is 0.791. The van der Waals surface area contributed by atoms with Gasteiger partial charge in [-0.25, -0.2) is 15.0 Å². The lowest BCUT2D eigenvalue weighted by molar-refractivity contribution is 0.251. The molecule has 1 aliphatic carbocycles. The summed E-state index contributed by atoms with van der Waals surface area (Å²) in [5.74, 6) is 1.46. The average Bonchev–Trinajstić information content (AvgIpc) is 3.99. The maximum Gasteiger partial charge on any atom is 0.247 e. The predicted molar refractivity (Wildman–Crippen MR) is 248 cm³/mol. The van der Waals surface area contributed by atoms with Crippen LogP contribution in [0.15, 0.2) is 223 Å². The lowest BCUT2D eigenvalue weighted by Gasteiger charge is -2.29. The maximum absolute atomic E-state index is 6.07. The molecular weight excluding hydrogens is 765 g/mol. The molecule has 0 spiro atoms. The Hall–Kier alpha value is -8.23. The number of hydrogen-bond donors (Lipinski definition) is 1. The van der Waals surface area contributed by atoms with Gasteiger partial charge in [-0.3, -0.25) is 0 Å². The molecule has 6 aromatic carbocycles. The molecule has 0 amide bonds. The van der Waals surface area contributed by atoms with E-state index in [1.165, 1.54) is 16.7 Å². The van der Waals surface area contributed by atoms with Gasteiger partial charge >= 0.3 is 0 Å². The third kappa shape index (κ3) is 7.24. The van der Waals surface area contributed by atoms with E-state index < -0.39 is 0 Å². The van der Waals surface area contributed by atoms with Crippen LogP contribution in [0.1, 0.15) is 29.7 Å². The number of oxazole rings is 1. The average molecular weight is 805 g/mol. The minimum absolute atomic E-state index is 0.275. The Morgan fingerprint density at radius 1 is 0.516 bits per heavy atom. The largest absolute Gasteiger partial charge is 0.448 e. The van der Waals surface area contributed by atoms with Gasteiger partial charge in [-0.05, 0) is 126 Å². The molecule has 8 nitrogen and oxygen atoms in total. The van der Waals surface area contributed by atoms with Crippen LogP contribution in [0.5, 0.6) is 5.88 Å². The number of fused-ring (bicyclic) bond motifs is 2. The van der Waals surface area contributed by atoms with Gasteiger partial charge in [0, 0.05) is 63.6 Å². The lowest BCUT2D eigenvalue weighted by Crippen LogP contribution is -2.17. The number of nitrogens with zero attached hydrogens (tertiary/aromatic N) is 5. The van der Waals surface area contributed by atoms with Crippen LogP contribution >= 0.6 is 0 Å². The fourth-order valence-corrected chi connectivity index (χ4v) is 8.27. The highest BCUT2D eigenvalue weighted by atomic mass is 16.5. The number of aromatic nitrogens is 3. The first-order chi connectivity index (χ1) is 30.7. The van der Waals surface area contributed by atoms with Crippen molar-refractivity contribution in [2.45, 2.75) is 18.6 Å². The van der Waals surface area contributed by atoms with Crippen molar-refractivity contribution in [3.63, 3.8) is 0 Å². The van der Waals surface area contributed by atoms with Gasteiger partial charge in [0.25, 0.3) is 0 Å². The van der Waals surface area contributed by atoms with Gasteiger partial charge in [0.15, 0.2) is 6.23 Å². The van der Waals surface area contributed by atoms with Gasteiger partial charge in [0.2, 0.25) is 17.5 Å². The molecule has 9 aromatic rings. The highest BCUT2D eigenvalue weighted by Crippen LogP contribution is 2.40. The van der Waals surface area contributed by atoms with Crippen molar-refractivity contribution in [2.75, 3.05) is 15.1 Å². The number of nitrogens with one attached hydrogen (secondary N) is 1. The van der Waals surface area contributed by atoms with Gasteiger partial charge < -0.3 is 24.3 Å². The quantitative estimate of drug-likeness (QED) is 0.146. The first kappa shape index (κ1) is 36.8. The van der Waals surface area contributed by atoms with Gasteiger partial charge in [0.05, 0.1) is 0 Å². The summed E-state index contributed by atoms with van der Waals surface area (Å²) in [6.45, 7) is 0. The molecule has 0 saturated heterocycles. The van der Waals surface area contributed by atoms with Gasteiger partial charge in [-0.2, -0.15) is 0 Å². The zero-order valence-electron chi connectivity index (χ0n) is 33.6. The minimum atomic E-state index is -0.278. The monoisotopic (exact) mass is 804 g/mol. The van der Waals surface area contributed by atoms with E-state index in [4.69, 9.17) is 9.15 Å². The van der Waals surface area contributed by atoms with Crippen LogP contribution in [0, 0.1) is 0 Å². The van der Waals surface area contributed by atoms with Crippen LogP contribution in [0.25, 0.3) is 33.8 Å². The summed E-state index contributed by atoms with van der Waals surface area (Å²) in [6.07, 6.45) is 11.0. The molecular formula is C54H40N6O2. The van der Waals surface area contributed by atoms with Crippen molar-refractivity contribution in [3.05, 3.63) is 229 Å². The Morgan fingerprint density at radius 3 is 1.73 bits per heavy atom. The molecule has 1 N–H and O–H groups in total. The zero-order valence-corrected chi connectivity index (χ0v) is 33.6. The molecule has 2 aliphatic rings. The molecule has 1 aliphatic heterocycles. The second-order valence-electron chi connectivity index (χ2n) is 15.3. The summed E-state index contributed by atoms with van der Waals surface area (Å²) >= 11 is 0. The van der Waals surface area contributed by atoms with Gasteiger partial charge in [-0.1, -0.05) is 97.1 Å². The van der Waals surface area contributed by atoms with Crippen LogP contribution in [-0.2, 0) is 0 Å². The normalized spacial score (nSPS) is 15.3. The van der Waals surface area contributed by atoms with Crippen LogP contribution in [0.4, 0.5) is 34.1 Å². The van der Waals surface area contributed by atoms with Gasteiger partial charge in [-0.15, -0.1) is 0 Å². The minimum Gasteiger partial charge on any atom is -0.448 e. The van der Waals surface area contributed by atoms with E-state index in [2.05, 4.69) is 194 Å². The molecule has 2 atom stereocenters. The summed E-state index contributed by atoms with van der Waals surface area (Å²) in [6, 6.07) is 63.3. The Labute approximate surface area is 359 Å². The third-order valence-electron chi connectivity index (χ3n) is 11.4. The number of pyridine rings is 2. The molecule has 0 bridgehead atoms. The highest BCUT2D eigenvalue weighted by molar-refractivity contribution is 5.79. The van der Waals surface area contributed by atoms with E-state index in [1.54, 1.807) is 12.4 Å². The zero-order chi connectivity index (χ0) is 41.2. The summed E-state index contributed by atoms with van der Waals surface area (Å²) in [5.41, 5.74) is 14.3. The van der Waals surface area contributed by atoms with Crippen LogP contribution in [0.2, 0.25) is 0 Å². The SMILES string of the molecule is C1=CC(c2ccc(-c3ccc(N(c4ccccc4)c4ccc(C5Nc6cccnc6O5)cc4)cc3)cc2)CC=C1N(c1ccccc1)c1ccc(-c2nc3cccnc3o2)cc1. The summed E-state index contributed by atoms with van der Waals surface area (Å²) in [5, 5.41) is 3.42. The Kier molecular flexibility index (Phi) is 9.55. The van der Waals surface area contributed by atoms with Crippen molar-refractivity contribution in [1.82, 2.24) is 15.0 Å². The molecule has 11 rings (SSSR count). The van der Waals surface area contributed by atoms with E-state index in [0.29, 0.717) is 17.5 Å². The maximum atomic E-state index is 6.07. The van der Waals surface area contributed by atoms with Crippen LogP contribution in [0.3, 0.4) is 0 Å². The van der Waals surface area contributed by atoms with E-state index in [9.17, 15) is 0 Å². The number of anilines is 6. The van der Waals surface area contributed by atoms with Crippen molar-refractivity contribution in [3.8, 4) is 28.5 Å². The molecule has 0 saturated carbocycles. The third-order valence-corrected chi connectivity index (χ3v) is 11.4. The number of benzene rings is 6. The van der Waals surface area contributed by atoms with Crippen LogP contribution < -0.4 is 19.9 Å². The molecule has 4 heterocycles. The van der Waals surface area contributed by atoms with Gasteiger partial charge in [0.1, 0.15) is 11.2 Å². The summed E-state index contributed by atoms with van der Waals surface area (Å²) in [7, 11) is 0. The fourth-order valence-electron chi connectivity index (χ4n) is 8.27. The molecule has 8 heteroatoms. The Morgan fingerprint density at radius 2 is 1.08 bits per heavy atom. The summed E-state index contributed by atoms with van der Waals surface area (Å²) < 4.78 is 12.0. The van der Waals surface area contributed by atoms with Crippen molar-refractivity contribution in [1.29, 1.82) is 0 Å². The molecule has 0 radical (unpaired) electrons. The number of hydrogen-bond acceptors (Lipinski definition) is 8. The van der Waals surface area contributed by atoms with Crippen molar-refractivity contribution < 1.29 is 9.15 Å². The smallest absolute Gasteiger partial charge is 0.247 e. The van der Waals surface area contributed by atoms with E-state index in [0.717, 1.165) is 62.9 Å². The number of ether oxygens (including phenoxy) is 1. The number of para-hydroxylation sites is 2. The molecule has 298 valence electrons. The van der Waals surface area contributed by atoms with Crippen LogP contribution in [-0.4, -0.2) is 15.0 Å². The van der Waals surface area contributed by atoms with E-state index in [1.807, 2.05) is 36.4 Å². The summed E-state index contributed by atoms with van der Waals surface area (Å²) in [4.78, 5) is 17.9. The number of rotatable bonds is 10. The topological polar surface area (TPSA) is 79.5 Å². The standard InChI is InChI=1S/C54H40N6O2/c1-3-9-43(10-4-1)59(47-31-23-41(24-32-47)51-57-49-13-7-35-55-53(49)61-51)45-27-19-39(20-28-45)37-15-17-38(18-16-37)40-21-29-46(30-22-40)60(44-11-5-2-6-12-44)48-33-25-42(26-34-48)52-58-50-14-8-36-56-54(50)62-52/h1-21,23-36,40,51,57H,22H2. The first-order valence-corrected chi connectivity index (χ1v) is 20.8. The number of allylic oxidation sites excluding steroid dienone is 3. The van der Waals surface area contributed by atoms with E-state index >= 15 is 0 Å². The second-order valence-corrected chi connectivity index (χ2v) is 15.3. The Bertz CT molecular complexity index is 2980. The molecule has 3 aromatic heterocycles. The molecule has 62 heavy (non-hydrogen) atoms. The van der Waals surface area contributed by atoms with Crippen molar-refractivity contribution >= 4 is 45.4 Å². The molecule has 0 fully saturated rings. The first-order valence-electron chi connectivity index (χ1n) is 20.8. The second kappa shape index (κ2) is 16.1. The lowest BCUT2D eigenvalue weighted by atomic mass is 9.90. The fraction of sp³-hybridized carbons (Fsp3) is 0.0556. The van der Waals surface area contributed by atoms with E-state index in [-0.39, 0.29) is 12.1 Å².